The Morgan fingerprint density at radius 1 is 0.714 bits per heavy atom. The van der Waals surface area contributed by atoms with Crippen molar-refractivity contribution in [2.75, 3.05) is 16.4 Å². The van der Waals surface area contributed by atoms with Gasteiger partial charge in [-0.25, -0.2) is 0 Å². The van der Waals surface area contributed by atoms with Crippen LogP contribution >= 0.6 is 0 Å². The molecule has 2 amide bonds. The number of primary amides is 1. The lowest BCUT2D eigenvalue weighted by molar-refractivity contribution is 0.0987. The van der Waals surface area contributed by atoms with Gasteiger partial charge in [0.2, 0.25) is 5.91 Å². The van der Waals surface area contributed by atoms with Crippen molar-refractivity contribution in [3.05, 3.63) is 71.8 Å². The number of nitrogens with two attached hydrogens (primary N) is 3. The molecule has 0 unspecified atom stereocenters. The first kappa shape index (κ1) is 18.6. The van der Waals surface area contributed by atoms with E-state index in [-0.39, 0.29) is 34.0 Å². The zero-order valence-corrected chi connectivity index (χ0v) is 14.7. The number of hydrogen-bond acceptors (Lipinski definition) is 6. The minimum absolute atomic E-state index is 0.109. The SMILES string of the molecule is NC(=O)c1ccc(C(=O)N(c2ccc(N)cc2O)c2ccc(N)cc2O)cc1. The fourth-order valence-corrected chi connectivity index (χ4v) is 2.71. The van der Waals surface area contributed by atoms with E-state index in [0.717, 1.165) is 4.90 Å². The number of phenolic OH excluding ortho intramolecular Hbond substituents is 2. The van der Waals surface area contributed by atoms with E-state index >= 15 is 0 Å². The summed E-state index contributed by atoms with van der Waals surface area (Å²) in [6.07, 6.45) is 0. The number of nitrogen functional groups attached to an aromatic ring is 2. The minimum Gasteiger partial charge on any atom is -0.506 e. The van der Waals surface area contributed by atoms with Gasteiger partial charge in [0.25, 0.3) is 5.91 Å². The Labute approximate surface area is 160 Å². The molecule has 0 heterocycles. The Balaban J connectivity index is 2.15. The van der Waals surface area contributed by atoms with Gasteiger partial charge in [-0.2, -0.15) is 0 Å². The Hall–Kier alpha value is -4.20. The molecule has 142 valence electrons. The van der Waals surface area contributed by atoms with Crippen LogP contribution in [-0.2, 0) is 0 Å². The van der Waals surface area contributed by atoms with E-state index in [1.807, 2.05) is 0 Å². The second-order valence-corrected chi connectivity index (χ2v) is 6.08. The van der Waals surface area contributed by atoms with Crippen molar-refractivity contribution < 1.29 is 19.8 Å². The minimum atomic E-state index is -0.622. The van der Waals surface area contributed by atoms with Gasteiger partial charge in [-0.05, 0) is 48.5 Å². The number of benzene rings is 3. The quantitative estimate of drug-likeness (QED) is 0.439. The molecule has 0 spiro atoms. The molecule has 8 N–H and O–H groups in total. The molecule has 3 aromatic rings. The van der Waals surface area contributed by atoms with Crippen LogP contribution in [0.2, 0.25) is 0 Å². The highest BCUT2D eigenvalue weighted by molar-refractivity contribution is 6.13. The lowest BCUT2D eigenvalue weighted by atomic mass is 10.1. The second-order valence-electron chi connectivity index (χ2n) is 6.08. The van der Waals surface area contributed by atoms with Crippen molar-refractivity contribution in [2.24, 2.45) is 5.73 Å². The lowest BCUT2D eigenvalue weighted by Gasteiger charge is -2.25. The number of aromatic hydroxyl groups is 2. The molecule has 0 aliphatic carbocycles. The van der Waals surface area contributed by atoms with E-state index in [1.165, 1.54) is 60.7 Å². The summed E-state index contributed by atoms with van der Waals surface area (Å²) in [5, 5.41) is 20.7. The molecule has 3 rings (SSSR count). The molecular weight excluding hydrogens is 360 g/mol. The molecule has 8 heteroatoms. The van der Waals surface area contributed by atoms with Crippen LogP contribution < -0.4 is 22.1 Å². The van der Waals surface area contributed by atoms with Gasteiger partial charge >= 0.3 is 0 Å². The molecule has 0 aliphatic heterocycles. The first-order valence-electron chi connectivity index (χ1n) is 8.19. The monoisotopic (exact) mass is 378 g/mol. The van der Waals surface area contributed by atoms with Crippen molar-refractivity contribution in [3.63, 3.8) is 0 Å². The maximum absolute atomic E-state index is 13.2. The predicted octanol–water partition coefficient (Wildman–Crippen LogP) is 2.34. The van der Waals surface area contributed by atoms with Crippen LogP contribution in [0.3, 0.4) is 0 Å². The van der Waals surface area contributed by atoms with Crippen LogP contribution in [0.15, 0.2) is 60.7 Å². The predicted molar refractivity (Wildman–Crippen MR) is 106 cm³/mol. The van der Waals surface area contributed by atoms with Gasteiger partial charge in [0.1, 0.15) is 11.5 Å². The third-order valence-electron chi connectivity index (χ3n) is 4.10. The van der Waals surface area contributed by atoms with Crippen LogP contribution in [0.4, 0.5) is 22.7 Å². The molecule has 3 aromatic carbocycles. The first-order valence-corrected chi connectivity index (χ1v) is 8.19. The third-order valence-corrected chi connectivity index (χ3v) is 4.10. The number of anilines is 4. The number of rotatable bonds is 4. The molecule has 0 saturated heterocycles. The fourth-order valence-electron chi connectivity index (χ4n) is 2.71. The average Bonchev–Trinajstić information content (AvgIpc) is 2.65. The number of nitrogens with zero attached hydrogens (tertiary/aromatic N) is 1. The Morgan fingerprint density at radius 2 is 1.14 bits per heavy atom. The summed E-state index contributed by atoms with van der Waals surface area (Å²) in [5.74, 6) is -1.68. The summed E-state index contributed by atoms with van der Waals surface area (Å²) in [6.45, 7) is 0. The van der Waals surface area contributed by atoms with Crippen molar-refractivity contribution in [3.8, 4) is 11.5 Å². The second kappa shape index (κ2) is 7.20. The van der Waals surface area contributed by atoms with Crippen LogP contribution in [0, 0.1) is 0 Å². The van der Waals surface area contributed by atoms with Gasteiger partial charge in [-0.15, -0.1) is 0 Å². The zero-order valence-electron chi connectivity index (χ0n) is 14.7. The highest BCUT2D eigenvalue weighted by Gasteiger charge is 2.25. The fraction of sp³-hybridized carbons (Fsp3) is 0. The van der Waals surface area contributed by atoms with E-state index in [1.54, 1.807) is 0 Å². The molecule has 28 heavy (non-hydrogen) atoms. The Kier molecular flexibility index (Phi) is 4.78. The van der Waals surface area contributed by atoms with Crippen LogP contribution in [-0.4, -0.2) is 22.0 Å². The molecule has 0 atom stereocenters. The number of amides is 2. The highest BCUT2D eigenvalue weighted by Crippen LogP contribution is 2.40. The summed E-state index contributed by atoms with van der Waals surface area (Å²) in [4.78, 5) is 25.6. The molecule has 0 bridgehead atoms. The molecule has 8 nitrogen and oxygen atoms in total. The van der Waals surface area contributed by atoms with Gasteiger partial charge in [0.15, 0.2) is 0 Å². The lowest BCUT2D eigenvalue weighted by Crippen LogP contribution is -2.26. The number of carbonyl (C=O) groups excluding carboxylic acids is 2. The third kappa shape index (κ3) is 3.51. The van der Waals surface area contributed by atoms with Gasteiger partial charge in [0.05, 0.1) is 11.4 Å². The Bertz CT molecular complexity index is 1010. The maximum atomic E-state index is 13.2. The maximum Gasteiger partial charge on any atom is 0.263 e. The van der Waals surface area contributed by atoms with Crippen LogP contribution in [0.1, 0.15) is 20.7 Å². The zero-order chi connectivity index (χ0) is 20.4. The molecule has 0 fully saturated rings. The molecule has 0 saturated carbocycles. The summed E-state index contributed by atoms with van der Waals surface area (Å²) in [6, 6.07) is 14.2. The molecule has 0 radical (unpaired) electrons. The molecule has 0 aliphatic rings. The van der Waals surface area contributed by atoms with E-state index in [2.05, 4.69) is 0 Å². The topological polar surface area (TPSA) is 156 Å². The average molecular weight is 378 g/mol. The molecule has 0 aromatic heterocycles. The highest BCUT2D eigenvalue weighted by atomic mass is 16.3. The summed E-state index contributed by atoms with van der Waals surface area (Å²) in [5.41, 5.74) is 17.9. The van der Waals surface area contributed by atoms with Crippen molar-refractivity contribution in [2.45, 2.75) is 0 Å². The molecular formula is C20H18N4O4. The van der Waals surface area contributed by atoms with Gasteiger partial charge in [-0.3, -0.25) is 14.5 Å². The van der Waals surface area contributed by atoms with Crippen LogP contribution in [0.25, 0.3) is 0 Å². The van der Waals surface area contributed by atoms with Crippen molar-refractivity contribution >= 4 is 34.6 Å². The van der Waals surface area contributed by atoms with Crippen molar-refractivity contribution in [1.29, 1.82) is 0 Å². The van der Waals surface area contributed by atoms with Gasteiger partial charge in [0, 0.05) is 34.6 Å². The Morgan fingerprint density at radius 3 is 1.54 bits per heavy atom. The standard InChI is InChI=1S/C20H18N4O4/c21-13-5-7-15(17(25)9-13)24(16-8-6-14(22)10-18(16)26)20(28)12-3-1-11(2-4-12)19(23)27/h1-10,25-26H,21-22H2,(H2,23,27). The smallest absolute Gasteiger partial charge is 0.263 e. The summed E-state index contributed by atoms with van der Waals surface area (Å²) in [7, 11) is 0. The van der Waals surface area contributed by atoms with Crippen LogP contribution in [0.5, 0.6) is 11.5 Å². The van der Waals surface area contributed by atoms with Crippen molar-refractivity contribution in [1.82, 2.24) is 0 Å². The largest absolute Gasteiger partial charge is 0.506 e. The van der Waals surface area contributed by atoms with E-state index in [4.69, 9.17) is 17.2 Å². The van der Waals surface area contributed by atoms with E-state index < -0.39 is 11.8 Å². The number of phenols is 2. The number of hydrogen-bond donors (Lipinski definition) is 5. The van der Waals surface area contributed by atoms with Gasteiger partial charge in [-0.1, -0.05) is 0 Å². The van der Waals surface area contributed by atoms with Gasteiger partial charge < -0.3 is 27.4 Å². The summed E-state index contributed by atoms with van der Waals surface area (Å²) < 4.78 is 0. The van der Waals surface area contributed by atoms with E-state index in [9.17, 15) is 19.8 Å². The normalized spacial score (nSPS) is 10.4. The first-order chi connectivity index (χ1) is 13.3. The summed E-state index contributed by atoms with van der Waals surface area (Å²) >= 11 is 0. The van der Waals surface area contributed by atoms with E-state index in [0.29, 0.717) is 11.4 Å². The number of carbonyl (C=O) groups is 2.